The monoisotopic (exact) mass is 251 g/mol. The van der Waals surface area contributed by atoms with E-state index in [4.69, 9.17) is 5.11 Å². The van der Waals surface area contributed by atoms with E-state index in [-0.39, 0.29) is 18.6 Å². The third-order valence-corrected chi connectivity index (χ3v) is 3.57. The van der Waals surface area contributed by atoms with Crippen LogP contribution in [0.2, 0.25) is 0 Å². The van der Waals surface area contributed by atoms with Gasteiger partial charge in [0.25, 0.3) is 5.91 Å². The zero-order chi connectivity index (χ0) is 13.0. The van der Waals surface area contributed by atoms with Crippen molar-refractivity contribution < 1.29 is 9.90 Å². The van der Waals surface area contributed by atoms with E-state index in [9.17, 15) is 4.79 Å². The SMILES string of the molecule is Cn1cc(C(=O)N(CCO)C2CCCCC2)cn1. The van der Waals surface area contributed by atoms with Gasteiger partial charge in [0.1, 0.15) is 0 Å². The van der Waals surface area contributed by atoms with E-state index in [0.29, 0.717) is 12.1 Å². The first-order chi connectivity index (χ1) is 8.72. The summed E-state index contributed by atoms with van der Waals surface area (Å²) in [6, 6.07) is 0.276. The third-order valence-electron chi connectivity index (χ3n) is 3.57. The number of carbonyl (C=O) groups is 1. The van der Waals surface area contributed by atoms with Gasteiger partial charge in [-0.2, -0.15) is 5.10 Å². The van der Waals surface area contributed by atoms with Gasteiger partial charge in [-0.05, 0) is 12.8 Å². The van der Waals surface area contributed by atoms with E-state index >= 15 is 0 Å². The van der Waals surface area contributed by atoms with E-state index in [1.54, 1.807) is 24.1 Å². The average molecular weight is 251 g/mol. The lowest BCUT2D eigenvalue weighted by molar-refractivity contribution is 0.0585. The van der Waals surface area contributed by atoms with E-state index in [1.807, 2.05) is 4.90 Å². The number of aryl methyl sites for hydroxylation is 1. The molecule has 0 unspecified atom stereocenters. The van der Waals surface area contributed by atoms with Gasteiger partial charge in [0.15, 0.2) is 0 Å². The number of rotatable bonds is 4. The van der Waals surface area contributed by atoms with Crippen LogP contribution in [0.5, 0.6) is 0 Å². The van der Waals surface area contributed by atoms with Crippen molar-refractivity contribution in [1.29, 1.82) is 0 Å². The van der Waals surface area contributed by atoms with Crippen molar-refractivity contribution >= 4 is 5.91 Å². The standard InChI is InChI=1S/C13H21N3O2/c1-15-10-11(9-14-15)13(18)16(7-8-17)12-5-3-2-4-6-12/h9-10,12,17H,2-8H2,1H3. The Kier molecular flexibility index (Phi) is 4.36. The molecule has 1 aliphatic rings. The zero-order valence-corrected chi connectivity index (χ0v) is 10.9. The second-order valence-corrected chi connectivity index (χ2v) is 4.92. The minimum atomic E-state index is -0.0101. The summed E-state index contributed by atoms with van der Waals surface area (Å²) in [6.07, 6.45) is 9.02. The van der Waals surface area contributed by atoms with Gasteiger partial charge in [0.05, 0.1) is 18.4 Å². The maximum atomic E-state index is 12.4. The van der Waals surface area contributed by atoms with Crippen molar-refractivity contribution in [1.82, 2.24) is 14.7 Å². The number of aliphatic hydroxyl groups excluding tert-OH is 1. The Balaban J connectivity index is 2.10. The first-order valence-electron chi connectivity index (χ1n) is 6.63. The molecule has 1 fully saturated rings. The Morgan fingerprint density at radius 3 is 2.78 bits per heavy atom. The van der Waals surface area contributed by atoms with Crippen molar-refractivity contribution in [2.45, 2.75) is 38.1 Å². The first kappa shape index (κ1) is 13.1. The Bertz CT molecular complexity index is 397. The Labute approximate surface area is 107 Å². The van der Waals surface area contributed by atoms with Gasteiger partial charge in [-0.15, -0.1) is 0 Å². The Morgan fingerprint density at radius 1 is 1.50 bits per heavy atom. The molecule has 0 aromatic carbocycles. The van der Waals surface area contributed by atoms with Crippen molar-refractivity contribution in [3.8, 4) is 0 Å². The van der Waals surface area contributed by atoms with Gasteiger partial charge < -0.3 is 10.0 Å². The predicted octanol–water partition coefficient (Wildman–Crippen LogP) is 1.19. The van der Waals surface area contributed by atoms with Crippen LogP contribution < -0.4 is 0 Å². The van der Waals surface area contributed by atoms with Crippen LogP contribution in [0.25, 0.3) is 0 Å². The summed E-state index contributed by atoms with van der Waals surface area (Å²) < 4.78 is 1.63. The molecule has 18 heavy (non-hydrogen) atoms. The zero-order valence-electron chi connectivity index (χ0n) is 10.9. The number of carbonyl (C=O) groups excluding carboxylic acids is 1. The van der Waals surface area contributed by atoms with Crippen LogP contribution >= 0.6 is 0 Å². The summed E-state index contributed by atoms with van der Waals surface area (Å²) in [6.45, 7) is 0.431. The number of nitrogens with zero attached hydrogens (tertiary/aromatic N) is 3. The molecule has 0 atom stereocenters. The molecule has 1 heterocycles. The Hall–Kier alpha value is -1.36. The van der Waals surface area contributed by atoms with Crippen LogP contribution in [0.4, 0.5) is 0 Å². The van der Waals surface area contributed by atoms with Gasteiger partial charge in [0, 0.05) is 25.8 Å². The van der Waals surface area contributed by atoms with E-state index in [2.05, 4.69) is 5.10 Å². The second kappa shape index (κ2) is 6.00. The van der Waals surface area contributed by atoms with Gasteiger partial charge in [-0.3, -0.25) is 9.48 Å². The molecule has 5 heteroatoms. The van der Waals surface area contributed by atoms with E-state index in [0.717, 1.165) is 12.8 Å². The molecule has 1 aromatic rings. The molecule has 1 saturated carbocycles. The van der Waals surface area contributed by atoms with Crippen LogP contribution in [0.3, 0.4) is 0 Å². The summed E-state index contributed by atoms with van der Waals surface area (Å²) in [5, 5.41) is 13.2. The molecule has 5 nitrogen and oxygen atoms in total. The predicted molar refractivity (Wildman–Crippen MR) is 68.2 cm³/mol. The molecular weight excluding hydrogens is 230 g/mol. The van der Waals surface area contributed by atoms with Crippen molar-refractivity contribution in [3.05, 3.63) is 18.0 Å². The Morgan fingerprint density at radius 2 is 2.22 bits per heavy atom. The van der Waals surface area contributed by atoms with Crippen LogP contribution in [0.1, 0.15) is 42.5 Å². The number of aliphatic hydroxyl groups is 1. The maximum Gasteiger partial charge on any atom is 0.257 e. The average Bonchev–Trinajstić information content (AvgIpc) is 2.83. The summed E-state index contributed by atoms with van der Waals surface area (Å²) in [5.41, 5.74) is 0.608. The van der Waals surface area contributed by atoms with Crippen LogP contribution in [0.15, 0.2) is 12.4 Å². The fourth-order valence-corrected chi connectivity index (χ4v) is 2.65. The molecule has 0 spiro atoms. The summed E-state index contributed by atoms with van der Waals surface area (Å²) in [5.74, 6) is -0.0101. The number of hydrogen-bond acceptors (Lipinski definition) is 3. The minimum absolute atomic E-state index is 0.0101. The van der Waals surface area contributed by atoms with Crippen molar-refractivity contribution in [2.24, 2.45) is 7.05 Å². The highest BCUT2D eigenvalue weighted by Gasteiger charge is 2.26. The second-order valence-electron chi connectivity index (χ2n) is 4.92. The number of amides is 1. The summed E-state index contributed by atoms with van der Waals surface area (Å²) >= 11 is 0. The van der Waals surface area contributed by atoms with Crippen LogP contribution in [-0.4, -0.2) is 44.9 Å². The molecule has 0 aliphatic heterocycles. The molecular formula is C13H21N3O2. The molecule has 1 aromatic heterocycles. The van der Waals surface area contributed by atoms with Crippen molar-refractivity contribution in [3.63, 3.8) is 0 Å². The smallest absolute Gasteiger partial charge is 0.257 e. The molecule has 1 aliphatic carbocycles. The molecule has 1 amide bonds. The first-order valence-corrected chi connectivity index (χ1v) is 6.63. The molecule has 2 rings (SSSR count). The van der Waals surface area contributed by atoms with Gasteiger partial charge in [-0.25, -0.2) is 0 Å². The number of hydrogen-bond donors (Lipinski definition) is 1. The topological polar surface area (TPSA) is 58.4 Å². The highest BCUT2D eigenvalue weighted by Crippen LogP contribution is 2.23. The maximum absolute atomic E-state index is 12.4. The summed E-state index contributed by atoms with van der Waals surface area (Å²) in [7, 11) is 1.80. The lowest BCUT2D eigenvalue weighted by Gasteiger charge is -2.33. The van der Waals surface area contributed by atoms with Crippen molar-refractivity contribution in [2.75, 3.05) is 13.2 Å². The molecule has 0 radical (unpaired) electrons. The quantitative estimate of drug-likeness (QED) is 0.874. The molecule has 0 saturated heterocycles. The van der Waals surface area contributed by atoms with Gasteiger partial charge in [-0.1, -0.05) is 19.3 Å². The van der Waals surface area contributed by atoms with Crippen LogP contribution in [0, 0.1) is 0 Å². The fourth-order valence-electron chi connectivity index (χ4n) is 2.65. The summed E-state index contributed by atoms with van der Waals surface area (Å²) in [4.78, 5) is 14.2. The molecule has 0 bridgehead atoms. The lowest BCUT2D eigenvalue weighted by atomic mass is 9.94. The highest BCUT2D eigenvalue weighted by atomic mass is 16.3. The highest BCUT2D eigenvalue weighted by molar-refractivity contribution is 5.94. The molecule has 100 valence electrons. The van der Waals surface area contributed by atoms with Gasteiger partial charge >= 0.3 is 0 Å². The minimum Gasteiger partial charge on any atom is -0.395 e. The largest absolute Gasteiger partial charge is 0.395 e. The van der Waals surface area contributed by atoms with Gasteiger partial charge in [0.2, 0.25) is 0 Å². The molecule has 1 N–H and O–H groups in total. The van der Waals surface area contributed by atoms with E-state index < -0.39 is 0 Å². The third kappa shape index (κ3) is 2.90. The fraction of sp³-hybridized carbons (Fsp3) is 0.692. The van der Waals surface area contributed by atoms with E-state index in [1.165, 1.54) is 19.3 Å². The lowest BCUT2D eigenvalue weighted by Crippen LogP contribution is -2.43. The normalized spacial score (nSPS) is 16.8. The number of aromatic nitrogens is 2. The van der Waals surface area contributed by atoms with Crippen LogP contribution in [-0.2, 0) is 7.05 Å².